The van der Waals surface area contributed by atoms with Crippen molar-refractivity contribution in [3.8, 4) is 17.2 Å². The number of ketones is 1. The minimum atomic E-state index is -1.73. The second-order valence-electron chi connectivity index (χ2n) is 8.68. The van der Waals surface area contributed by atoms with Gasteiger partial charge in [-0.1, -0.05) is 44.4 Å². The third-order valence-corrected chi connectivity index (χ3v) is 6.68. The molecule has 0 aliphatic carbocycles. The van der Waals surface area contributed by atoms with Gasteiger partial charge in [0.25, 0.3) is 0 Å². The molecule has 0 aliphatic rings. The highest BCUT2D eigenvalue weighted by Gasteiger charge is 2.32. The number of hydrogen-bond donors (Lipinski definition) is 0. The van der Waals surface area contributed by atoms with E-state index >= 15 is 0 Å². The molecule has 5 nitrogen and oxygen atoms in total. The van der Waals surface area contributed by atoms with Crippen LogP contribution in [0.4, 0.5) is 0 Å². The lowest BCUT2D eigenvalue weighted by atomic mass is 9.86. The molecule has 0 saturated carbocycles. The molecule has 0 amide bonds. The van der Waals surface area contributed by atoms with E-state index in [2.05, 4.69) is 27.7 Å². The van der Waals surface area contributed by atoms with E-state index in [0.717, 1.165) is 6.42 Å². The average molecular weight is 431 g/mol. The van der Waals surface area contributed by atoms with Crippen LogP contribution in [0.5, 0.6) is 17.2 Å². The number of methoxy groups -OCH3 is 3. The van der Waals surface area contributed by atoms with Gasteiger partial charge in [0.15, 0.2) is 6.16 Å². The Kier molecular flexibility index (Phi) is 8.03. The Morgan fingerprint density at radius 3 is 2.07 bits per heavy atom. The maximum absolute atomic E-state index is 13.5. The maximum atomic E-state index is 13.5. The Bertz CT molecular complexity index is 889. The van der Waals surface area contributed by atoms with Gasteiger partial charge < -0.3 is 14.2 Å². The molecule has 2 rings (SSSR count). The minimum Gasteiger partial charge on any atom is -0.496 e. The normalized spacial score (nSPS) is 12.8. The SMILES string of the molecule is COc1cc(OC)c(C(=O)c2ccccc2[P+](=O)CC(C)CC(C)(C)C)c(OC)c1. The van der Waals surface area contributed by atoms with Gasteiger partial charge in [-0.3, -0.25) is 4.79 Å². The molecule has 2 atom stereocenters. The second kappa shape index (κ2) is 10.1. The van der Waals surface area contributed by atoms with Crippen molar-refractivity contribution < 1.29 is 23.6 Å². The van der Waals surface area contributed by atoms with Gasteiger partial charge in [-0.25, -0.2) is 0 Å². The van der Waals surface area contributed by atoms with Gasteiger partial charge in [0.2, 0.25) is 11.1 Å². The Morgan fingerprint density at radius 2 is 1.57 bits per heavy atom. The van der Waals surface area contributed by atoms with E-state index in [-0.39, 0.29) is 17.1 Å². The van der Waals surface area contributed by atoms with Crippen molar-refractivity contribution in [1.29, 1.82) is 0 Å². The van der Waals surface area contributed by atoms with Gasteiger partial charge in [-0.15, -0.1) is 0 Å². The van der Waals surface area contributed by atoms with Gasteiger partial charge in [0.05, 0.1) is 26.9 Å². The van der Waals surface area contributed by atoms with E-state index < -0.39 is 7.80 Å². The van der Waals surface area contributed by atoms with Crippen LogP contribution in [0, 0.1) is 11.3 Å². The van der Waals surface area contributed by atoms with Crippen LogP contribution in [0.1, 0.15) is 50.0 Å². The van der Waals surface area contributed by atoms with Crippen molar-refractivity contribution in [3.05, 3.63) is 47.5 Å². The number of carbonyl (C=O) groups excluding carboxylic acids is 1. The summed E-state index contributed by atoms with van der Waals surface area (Å²) in [6.45, 7) is 8.64. The van der Waals surface area contributed by atoms with Crippen molar-refractivity contribution in [2.75, 3.05) is 27.5 Å². The fourth-order valence-corrected chi connectivity index (χ4v) is 5.33. The fraction of sp³-hybridized carbons (Fsp3) is 0.458. The van der Waals surface area contributed by atoms with Crippen molar-refractivity contribution in [1.82, 2.24) is 0 Å². The molecular formula is C24H32O5P+. The topological polar surface area (TPSA) is 61.8 Å². The van der Waals surface area contributed by atoms with Gasteiger partial charge >= 0.3 is 7.80 Å². The molecule has 30 heavy (non-hydrogen) atoms. The second-order valence-corrected chi connectivity index (χ2v) is 10.3. The van der Waals surface area contributed by atoms with Gasteiger partial charge in [-0.2, -0.15) is 0 Å². The number of rotatable bonds is 9. The highest BCUT2D eigenvalue weighted by Crippen LogP contribution is 2.37. The third kappa shape index (κ3) is 5.82. The van der Waals surface area contributed by atoms with Crippen molar-refractivity contribution in [2.24, 2.45) is 11.3 Å². The van der Waals surface area contributed by atoms with Crippen LogP contribution in [0.3, 0.4) is 0 Å². The van der Waals surface area contributed by atoms with Crippen molar-refractivity contribution in [2.45, 2.75) is 34.1 Å². The molecule has 0 N–H and O–H groups in total. The summed E-state index contributed by atoms with van der Waals surface area (Å²) in [6, 6.07) is 10.4. The van der Waals surface area contributed by atoms with Crippen LogP contribution in [0.25, 0.3) is 0 Å². The quantitative estimate of drug-likeness (QED) is 0.389. The molecule has 0 bridgehead atoms. The summed E-state index contributed by atoms with van der Waals surface area (Å²) < 4.78 is 29.4. The summed E-state index contributed by atoms with van der Waals surface area (Å²) in [5.74, 6) is 1.22. The molecule has 0 spiro atoms. The first-order chi connectivity index (χ1) is 14.1. The summed E-state index contributed by atoms with van der Waals surface area (Å²) in [4.78, 5) is 13.5. The summed E-state index contributed by atoms with van der Waals surface area (Å²) in [7, 11) is 2.79. The molecule has 0 heterocycles. The number of benzene rings is 2. The number of ether oxygens (including phenoxy) is 3. The smallest absolute Gasteiger partial charge is 0.377 e. The van der Waals surface area contributed by atoms with Crippen LogP contribution < -0.4 is 19.5 Å². The number of hydrogen-bond acceptors (Lipinski definition) is 5. The average Bonchev–Trinajstić information content (AvgIpc) is 2.70. The highest BCUT2D eigenvalue weighted by molar-refractivity contribution is 7.53. The zero-order valence-corrected chi connectivity index (χ0v) is 19.8. The molecule has 6 heteroatoms. The van der Waals surface area contributed by atoms with E-state index in [0.29, 0.717) is 39.8 Å². The predicted molar refractivity (Wildman–Crippen MR) is 121 cm³/mol. The lowest BCUT2D eigenvalue weighted by Gasteiger charge is -2.20. The molecule has 2 aromatic rings. The summed E-state index contributed by atoms with van der Waals surface area (Å²) in [5, 5.41) is 0.568. The van der Waals surface area contributed by atoms with Crippen LogP contribution >= 0.6 is 7.80 Å². The molecule has 0 fully saturated rings. The van der Waals surface area contributed by atoms with E-state index in [4.69, 9.17) is 14.2 Å². The minimum absolute atomic E-state index is 0.161. The zero-order valence-electron chi connectivity index (χ0n) is 18.9. The summed E-state index contributed by atoms with van der Waals surface area (Å²) in [5.41, 5.74) is 0.858. The first kappa shape index (κ1) is 23.9. The summed E-state index contributed by atoms with van der Waals surface area (Å²) in [6.07, 6.45) is 1.50. The summed E-state index contributed by atoms with van der Waals surface area (Å²) >= 11 is 0. The molecule has 162 valence electrons. The fourth-order valence-electron chi connectivity index (χ4n) is 3.74. The molecule has 2 aromatic carbocycles. The molecule has 0 aliphatic heterocycles. The Morgan fingerprint density at radius 1 is 1.00 bits per heavy atom. The van der Waals surface area contributed by atoms with Crippen LogP contribution in [0.15, 0.2) is 36.4 Å². The largest absolute Gasteiger partial charge is 0.496 e. The molecular weight excluding hydrogens is 399 g/mol. The number of carbonyl (C=O) groups is 1. The van der Waals surface area contributed by atoms with Gasteiger partial charge in [0.1, 0.15) is 22.8 Å². The lowest BCUT2D eigenvalue weighted by molar-refractivity contribution is 0.103. The molecule has 0 aromatic heterocycles. The zero-order chi connectivity index (χ0) is 22.5. The van der Waals surface area contributed by atoms with Crippen molar-refractivity contribution >= 4 is 18.9 Å². The van der Waals surface area contributed by atoms with Crippen LogP contribution in [0.2, 0.25) is 0 Å². The molecule has 0 saturated heterocycles. The van der Waals surface area contributed by atoms with Gasteiger partial charge in [0, 0.05) is 18.1 Å². The monoisotopic (exact) mass is 431 g/mol. The first-order valence-electron chi connectivity index (χ1n) is 9.99. The van der Waals surface area contributed by atoms with E-state index in [1.54, 1.807) is 30.3 Å². The van der Waals surface area contributed by atoms with E-state index in [1.807, 2.05) is 6.07 Å². The Hall–Kier alpha value is -2.39. The Labute approximate surface area is 180 Å². The maximum Gasteiger partial charge on any atom is 0.377 e. The standard InChI is InChI=1S/C24H32O5P/c1-16(14-24(2,3)4)15-30(26)21-11-9-8-10-18(21)23(25)22-19(28-6)12-17(27-5)13-20(22)29-7/h8-13,16H,14-15H2,1-7H3/q+1. The van der Waals surface area contributed by atoms with Gasteiger partial charge in [-0.05, 0) is 24.0 Å². The van der Waals surface area contributed by atoms with Crippen molar-refractivity contribution in [3.63, 3.8) is 0 Å². The highest BCUT2D eigenvalue weighted by atomic mass is 31.1. The first-order valence-corrected chi connectivity index (χ1v) is 11.4. The lowest BCUT2D eigenvalue weighted by Crippen LogP contribution is -2.18. The van der Waals surface area contributed by atoms with Crippen LogP contribution in [-0.2, 0) is 4.57 Å². The van der Waals surface area contributed by atoms with E-state index in [9.17, 15) is 9.36 Å². The Balaban J connectivity index is 2.45. The van der Waals surface area contributed by atoms with Crippen LogP contribution in [-0.4, -0.2) is 33.3 Å². The van der Waals surface area contributed by atoms with E-state index in [1.165, 1.54) is 21.3 Å². The molecule has 2 unspecified atom stereocenters. The molecule has 0 radical (unpaired) electrons. The predicted octanol–water partition coefficient (Wildman–Crippen LogP) is 5.47. The third-order valence-electron chi connectivity index (χ3n) is 4.80.